The number of hydrogen-bond donors (Lipinski definition) is 0. The average molecular weight is 284 g/mol. The summed E-state index contributed by atoms with van der Waals surface area (Å²) in [5.74, 6) is 0. The quantitative estimate of drug-likeness (QED) is 0.326. The fraction of sp³-hybridized carbons (Fsp3) is 0.182. The van der Waals surface area contributed by atoms with E-state index in [2.05, 4.69) is 87.5 Å². The summed E-state index contributed by atoms with van der Waals surface area (Å²) in [7, 11) is 0. The predicted octanol–water partition coefficient (Wildman–Crippen LogP) is 6.44. The maximum atomic E-state index is 2.40. The van der Waals surface area contributed by atoms with E-state index in [1.165, 1.54) is 37.9 Å². The first-order valence-corrected chi connectivity index (χ1v) is 7.89. The minimum Gasteiger partial charge on any atom is -0.0616 e. The van der Waals surface area contributed by atoms with Crippen molar-refractivity contribution in [3.05, 3.63) is 72.3 Å². The maximum absolute atomic E-state index is 2.40. The SMILES string of the molecule is CC(C)(C)c1cc2c3ccccc3ccc2c2ccccc12. The molecule has 22 heavy (non-hydrogen) atoms. The van der Waals surface area contributed by atoms with Crippen LogP contribution in [0.3, 0.4) is 0 Å². The minimum atomic E-state index is 0.130. The number of fused-ring (bicyclic) bond motifs is 5. The van der Waals surface area contributed by atoms with Crippen molar-refractivity contribution in [2.75, 3.05) is 0 Å². The van der Waals surface area contributed by atoms with Crippen LogP contribution in [0.15, 0.2) is 66.7 Å². The summed E-state index contributed by atoms with van der Waals surface area (Å²) in [5.41, 5.74) is 1.55. The minimum absolute atomic E-state index is 0.130. The lowest BCUT2D eigenvalue weighted by atomic mass is 9.81. The Kier molecular flexibility index (Phi) is 2.77. The van der Waals surface area contributed by atoms with Gasteiger partial charge in [0.05, 0.1) is 0 Å². The van der Waals surface area contributed by atoms with Gasteiger partial charge in [-0.1, -0.05) is 81.4 Å². The highest BCUT2D eigenvalue weighted by Crippen LogP contribution is 2.37. The second-order valence-electron chi connectivity index (χ2n) is 7.10. The third kappa shape index (κ3) is 1.91. The van der Waals surface area contributed by atoms with Crippen molar-refractivity contribution in [3.63, 3.8) is 0 Å². The summed E-state index contributed by atoms with van der Waals surface area (Å²) < 4.78 is 0. The van der Waals surface area contributed by atoms with Gasteiger partial charge in [-0.3, -0.25) is 0 Å². The van der Waals surface area contributed by atoms with E-state index in [-0.39, 0.29) is 5.41 Å². The average Bonchev–Trinajstić information content (AvgIpc) is 2.52. The fourth-order valence-corrected chi connectivity index (χ4v) is 3.48. The molecule has 0 heterocycles. The van der Waals surface area contributed by atoms with Crippen LogP contribution in [0.4, 0.5) is 0 Å². The van der Waals surface area contributed by atoms with Gasteiger partial charge in [0.25, 0.3) is 0 Å². The van der Waals surface area contributed by atoms with E-state index in [1.807, 2.05) is 0 Å². The van der Waals surface area contributed by atoms with E-state index >= 15 is 0 Å². The zero-order chi connectivity index (χ0) is 15.3. The van der Waals surface area contributed by atoms with E-state index in [9.17, 15) is 0 Å². The molecule has 0 spiro atoms. The zero-order valence-corrected chi connectivity index (χ0v) is 13.4. The summed E-state index contributed by atoms with van der Waals surface area (Å²) in [6, 6.07) is 24.4. The molecule has 0 aliphatic heterocycles. The van der Waals surface area contributed by atoms with Crippen molar-refractivity contribution < 1.29 is 0 Å². The number of hydrogen-bond acceptors (Lipinski definition) is 0. The van der Waals surface area contributed by atoms with Crippen LogP contribution in [0.5, 0.6) is 0 Å². The Morgan fingerprint density at radius 3 is 1.86 bits per heavy atom. The Hall–Kier alpha value is -2.34. The molecule has 4 rings (SSSR count). The summed E-state index contributed by atoms with van der Waals surface area (Å²) in [5, 5.41) is 8.10. The summed E-state index contributed by atoms with van der Waals surface area (Å²) >= 11 is 0. The molecule has 0 N–H and O–H groups in total. The van der Waals surface area contributed by atoms with Crippen LogP contribution in [-0.4, -0.2) is 0 Å². The molecule has 0 nitrogen and oxygen atoms in total. The van der Waals surface area contributed by atoms with Crippen LogP contribution in [0.2, 0.25) is 0 Å². The largest absolute Gasteiger partial charge is 0.0616 e. The third-order valence-electron chi connectivity index (χ3n) is 4.57. The van der Waals surface area contributed by atoms with Gasteiger partial charge in [-0.25, -0.2) is 0 Å². The van der Waals surface area contributed by atoms with Crippen LogP contribution in [0.25, 0.3) is 32.3 Å². The molecule has 0 aliphatic carbocycles. The van der Waals surface area contributed by atoms with Crippen molar-refractivity contribution >= 4 is 32.3 Å². The van der Waals surface area contributed by atoms with Gasteiger partial charge in [0, 0.05) is 0 Å². The van der Waals surface area contributed by atoms with Crippen molar-refractivity contribution in [1.29, 1.82) is 0 Å². The molecule has 0 aromatic heterocycles. The normalized spacial score (nSPS) is 12.3. The molecule has 0 fully saturated rings. The Balaban J connectivity index is 2.30. The summed E-state index contributed by atoms with van der Waals surface area (Å²) in [4.78, 5) is 0. The second kappa shape index (κ2) is 4.58. The van der Waals surface area contributed by atoms with Crippen LogP contribution in [0, 0.1) is 0 Å². The molecule has 0 amide bonds. The van der Waals surface area contributed by atoms with Gasteiger partial charge in [0.2, 0.25) is 0 Å². The molecule has 0 atom stereocenters. The standard InChI is InChI=1S/C22H20/c1-22(2,3)21-14-20-16-9-5-4-8-15(16)12-13-18(20)17-10-6-7-11-19(17)21/h4-14H,1-3H3. The first kappa shape index (κ1) is 13.3. The Bertz CT molecular complexity index is 1000. The molecule has 0 unspecified atom stereocenters. The highest BCUT2D eigenvalue weighted by molar-refractivity contribution is 6.18. The van der Waals surface area contributed by atoms with Gasteiger partial charge in [-0.15, -0.1) is 0 Å². The molecule has 0 bridgehead atoms. The van der Waals surface area contributed by atoms with Gasteiger partial charge >= 0.3 is 0 Å². The lowest BCUT2D eigenvalue weighted by Crippen LogP contribution is -2.11. The predicted molar refractivity (Wildman–Crippen MR) is 97.7 cm³/mol. The highest BCUT2D eigenvalue weighted by Gasteiger charge is 2.18. The van der Waals surface area contributed by atoms with Gasteiger partial charge in [-0.2, -0.15) is 0 Å². The Labute approximate surface area is 131 Å². The van der Waals surface area contributed by atoms with Crippen LogP contribution >= 0.6 is 0 Å². The second-order valence-corrected chi connectivity index (χ2v) is 7.10. The van der Waals surface area contributed by atoms with Crippen molar-refractivity contribution in [2.45, 2.75) is 26.2 Å². The van der Waals surface area contributed by atoms with Gasteiger partial charge in [0.15, 0.2) is 0 Å². The van der Waals surface area contributed by atoms with Gasteiger partial charge in [-0.05, 0) is 49.4 Å². The van der Waals surface area contributed by atoms with E-state index in [0.29, 0.717) is 0 Å². The third-order valence-corrected chi connectivity index (χ3v) is 4.57. The summed E-state index contributed by atoms with van der Waals surface area (Å²) in [6.07, 6.45) is 0. The van der Waals surface area contributed by atoms with Crippen molar-refractivity contribution in [1.82, 2.24) is 0 Å². The lowest BCUT2D eigenvalue weighted by Gasteiger charge is -2.23. The molecule has 0 radical (unpaired) electrons. The monoisotopic (exact) mass is 284 g/mol. The van der Waals surface area contributed by atoms with E-state index in [0.717, 1.165) is 0 Å². The topological polar surface area (TPSA) is 0 Å². The fourth-order valence-electron chi connectivity index (χ4n) is 3.48. The molecule has 0 heteroatoms. The molecular weight excluding hydrogens is 264 g/mol. The smallest absolute Gasteiger partial charge is 0.00960 e. The molecular formula is C22H20. The Morgan fingerprint density at radius 1 is 0.545 bits per heavy atom. The van der Waals surface area contributed by atoms with Crippen molar-refractivity contribution in [3.8, 4) is 0 Å². The zero-order valence-electron chi connectivity index (χ0n) is 13.4. The van der Waals surface area contributed by atoms with E-state index in [1.54, 1.807) is 0 Å². The van der Waals surface area contributed by atoms with Crippen LogP contribution < -0.4 is 0 Å². The lowest BCUT2D eigenvalue weighted by molar-refractivity contribution is 0.596. The van der Waals surface area contributed by atoms with Gasteiger partial charge in [0.1, 0.15) is 0 Å². The van der Waals surface area contributed by atoms with Crippen LogP contribution in [-0.2, 0) is 5.41 Å². The van der Waals surface area contributed by atoms with E-state index in [4.69, 9.17) is 0 Å². The summed E-state index contributed by atoms with van der Waals surface area (Å²) in [6.45, 7) is 6.89. The molecule has 4 aromatic carbocycles. The Morgan fingerprint density at radius 2 is 1.14 bits per heavy atom. The molecule has 4 aromatic rings. The van der Waals surface area contributed by atoms with Gasteiger partial charge < -0.3 is 0 Å². The van der Waals surface area contributed by atoms with Crippen molar-refractivity contribution in [2.24, 2.45) is 0 Å². The molecule has 0 aliphatic rings. The highest BCUT2D eigenvalue weighted by atomic mass is 14.2. The van der Waals surface area contributed by atoms with E-state index < -0.39 is 0 Å². The first-order valence-electron chi connectivity index (χ1n) is 7.89. The number of rotatable bonds is 0. The van der Waals surface area contributed by atoms with Crippen LogP contribution in [0.1, 0.15) is 26.3 Å². The first-order chi connectivity index (χ1) is 10.6. The molecule has 0 saturated carbocycles. The maximum Gasteiger partial charge on any atom is -0.00960 e. The number of benzene rings is 4. The molecule has 0 saturated heterocycles. The molecule has 108 valence electrons.